The first-order valence-electron chi connectivity index (χ1n) is 22.1. The summed E-state index contributed by atoms with van der Waals surface area (Å²) >= 11 is 12.6. The number of amides is 3. The fourth-order valence-corrected chi connectivity index (χ4v) is 9.91. The van der Waals surface area contributed by atoms with Crippen molar-refractivity contribution in [3.8, 4) is 22.9 Å². The van der Waals surface area contributed by atoms with Crippen LogP contribution in [0.15, 0.2) is 60.9 Å². The number of carbonyl (C=O) groups excluding carboxylic acids is 4. The van der Waals surface area contributed by atoms with E-state index in [0.29, 0.717) is 36.5 Å². The van der Waals surface area contributed by atoms with Crippen LogP contribution >= 0.6 is 23.2 Å². The number of nitrogens with zero attached hydrogens (tertiary/aromatic N) is 7. The molecule has 354 valence electrons. The van der Waals surface area contributed by atoms with Gasteiger partial charge in [-0.25, -0.2) is 18.2 Å². The molecule has 13 nitrogen and oxygen atoms in total. The number of hydrogen-bond donors (Lipinski definition) is 0. The van der Waals surface area contributed by atoms with E-state index in [-0.39, 0.29) is 48.2 Å². The normalized spacial score (nSPS) is 23.3. The van der Waals surface area contributed by atoms with Gasteiger partial charge in [0.1, 0.15) is 23.1 Å². The Bertz CT molecular complexity index is 2430. The molecule has 3 amide bonds. The number of Topliss-reactive ketones (excluding diaryl/α,β-unsaturated/α-hetero) is 1. The van der Waals surface area contributed by atoms with E-state index in [1.807, 2.05) is 42.7 Å². The number of hydrogen-bond acceptors (Lipinski definition) is 9. The number of ketones is 1. The smallest absolute Gasteiger partial charge is 0.248 e. The van der Waals surface area contributed by atoms with E-state index in [0.717, 1.165) is 28.0 Å². The van der Waals surface area contributed by atoms with Crippen LogP contribution in [0.5, 0.6) is 11.5 Å². The first-order valence-corrected chi connectivity index (χ1v) is 22.8. The van der Waals surface area contributed by atoms with Gasteiger partial charge in [-0.1, -0.05) is 35.3 Å². The van der Waals surface area contributed by atoms with Crippen molar-refractivity contribution in [2.24, 2.45) is 24.8 Å². The van der Waals surface area contributed by atoms with Gasteiger partial charge in [0.25, 0.3) is 0 Å². The Labute approximate surface area is 393 Å². The molecule has 1 saturated carbocycles. The molecule has 4 heterocycles. The average molecular weight is 955 g/mol. The Hall–Kier alpha value is -5.03. The van der Waals surface area contributed by atoms with Gasteiger partial charge >= 0.3 is 0 Å². The zero-order valence-corrected chi connectivity index (χ0v) is 39.5. The molecule has 2 aromatic heterocycles. The zero-order chi connectivity index (χ0) is 47.7. The molecule has 0 unspecified atom stereocenters. The Morgan fingerprint density at radius 2 is 1.65 bits per heavy atom. The van der Waals surface area contributed by atoms with Crippen LogP contribution in [0.4, 0.5) is 13.2 Å². The maximum absolute atomic E-state index is 16.3. The number of alkyl halides is 2. The number of ether oxygens (including phenoxy) is 2. The molecule has 66 heavy (non-hydrogen) atoms. The van der Waals surface area contributed by atoms with Crippen LogP contribution in [0.2, 0.25) is 10.0 Å². The maximum Gasteiger partial charge on any atom is 0.248 e. The van der Waals surface area contributed by atoms with Gasteiger partial charge in [0.05, 0.1) is 66.9 Å². The van der Waals surface area contributed by atoms with Gasteiger partial charge in [0.15, 0.2) is 5.78 Å². The molecule has 4 atom stereocenters. The van der Waals surface area contributed by atoms with Crippen molar-refractivity contribution < 1.29 is 41.8 Å². The summed E-state index contributed by atoms with van der Waals surface area (Å²) in [5, 5.41) is 0.519. The molecule has 2 aromatic carbocycles. The largest absolute Gasteiger partial charge is 0.455 e. The second-order valence-corrected chi connectivity index (χ2v) is 19.2. The van der Waals surface area contributed by atoms with Crippen molar-refractivity contribution in [3.05, 3.63) is 93.7 Å². The number of fused-ring (bicyclic) bond motifs is 2. The van der Waals surface area contributed by atoms with Crippen LogP contribution in [0.25, 0.3) is 11.4 Å². The third-order valence-corrected chi connectivity index (χ3v) is 13.9. The number of methoxy groups -OCH3 is 1. The van der Waals surface area contributed by atoms with E-state index in [9.17, 15) is 28.0 Å². The molecule has 0 radical (unpaired) electrons. The third-order valence-electron chi connectivity index (χ3n) is 13.4. The number of piperidine rings is 1. The van der Waals surface area contributed by atoms with Gasteiger partial charge in [-0.3, -0.25) is 24.2 Å². The van der Waals surface area contributed by atoms with Gasteiger partial charge in [-0.15, -0.1) is 0 Å². The van der Waals surface area contributed by atoms with Crippen LogP contribution in [0.1, 0.15) is 62.4 Å². The van der Waals surface area contributed by atoms with Crippen molar-refractivity contribution in [3.63, 3.8) is 0 Å². The fraction of sp³-hybridized carbons (Fsp3) is 0.500. The molecule has 2 aliphatic heterocycles. The molecule has 0 N–H and O–H groups in total. The lowest BCUT2D eigenvalue weighted by atomic mass is 9.70. The highest BCUT2D eigenvalue weighted by Crippen LogP contribution is 2.48. The van der Waals surface area contributed by atoms with Gasteiger partial charge < -0.3 is 33.6 Å². The van der Waals surface area contributed by atoms with Crippen molar-refractivity contribution in [2.75, 3.05) is 47.9 Å². The number of aromatic nitrogens is 3. The van der Waals surface area contributed by atoms with Gasteiger partial charge in [0.2, 0.25) is 23.6 Å². The predicted octanol–water partition coefficient (Wildman–Crippen LogP) is 7.85. The van der Waals surface area contributed by atoms with E-state index in [1.165, 1.54) is 26.3 Å². The summed E-state index contributed by atoms with van der Waals surface area (Å²) in [6.07, 6.45) is 2.44. The highest BCUT2D eigenvalue weighted by Gasteiger charge is 2.53. The summed E-state index contributed by atoms with van der Waals surface area (Å²) in [7, 11) is 8.85. The van der Waals surface area contributed by atoms with E-state index < -0.39 is 90.4 Å². The lowest BCUT2D eigenvalue weighted by Gasteiger charge is -2.51. The van der Waals surface area contributed by atoms with Crippen molar-refractivity contribution >= 4 is 46.7 Å². The molecule has 2 saturated heterocycles. The Morgan fingerprint density at radius 3 is 2.30 bits per heavy atom. The quantitative estimate of drug-likeness (QED) is 0.139. The number of imidazole rings is 1. The summed E-state index contributed by atoms with van der Waals surface area (Å²) in [6, 6.07) is 11.7. The standard InChI is InChI=1S/C48H56Cl2F3N7O6/c1-29-41(61)16-31(27-65-6)45(63)58(5)47(20-30-8-10-33(49)11-9-30)14-7-15-59(28-47)46(64)36(32-21-48(52,53)22-32)19-44(62)60(29)25-37-38(51)17-34(50)18-42(37)66-35-12-13-39(54-23-35)40-24-55-43(57(40)4)26-56(2)3/h8-13,17-18,23-24,29,31-32,36H,7,14-16,19-22,25-28H2,1-6H3/t29-,31-,36-,47+/m0/s1. The van der Waals surface area contributed by atoms with E-state index in [2.05, 4.69) is 9.97 Å². The lowest BCUT2D eigenvalue weighted by Crippen LogP contribution is -2.63. The monoisotopic (exact) mass is 953 g/mol. The number of pyridine rings is 1. The van der Waals surface area contributed by atoms with Crippen molar-refractivity contribution in [1.82, 2.24) is 34.1 Å². The second-order valence-electron chi connectivity index (χ2n) is 18.3. The highest BCUT2D eigenvalue weighted by molar-refractivity contribution is 6.31. The Balaban J connectivity index is 1.24. The molecular formula is C48H56Cl2F3N7O6. The summed E-state index contributed by atoms with van der Waals surface area (Å²) in [6.45, 7) is 1.78. The minimum atomic E-state index is -3.02. The van der Waals surface area contributed by atoms with Gasteiger partial charge in [-0.05, 0) is 88.2 Å². The third kappa shape index (κ3) is 10.7. The maximum atomic E-state index is 16.3. The number of likely N-dealkylation sites (N-methyl/N-ethyl adjacent to an activating group) is 1. The lowest BCUT2D eigenvalue weighted by molar-refractivity contribution is -0.164. The summed E-state index contributed by atoms with van der Waals surface area (Å²) in [4.78, 5) is 74.3. The Kier molecular flexibility index (Phi) is 14.9. The van der Waals surface area contributed by atoms with Crippen molar-refractivity contribution in [1.29, 1.82) is 0 Å². The van der Waals surface area contributed by atoms with E-state index >= 15 is 4.39 Å². The highest BCUT2D eigenvalue weighted by atomic mass is 35.5. The minimum Gasteiger partial charge on any atom is -0.455 e. The first-order chi connectivity index (χ1) is 31.3. The van der Waals surface area contributed by atoms with Crippen LogP contribution < -0.4 is 4.74 Å². The van der Waals surface area contributed by atoms with Gasteiger partial charge in [0, 0.05) is 75.6 Å². The molecule has 18 heteroatoms. The zero-order valence-electron chi connectivity index (χ0n) is 38.0. The molecule has 3 fully saturated rings. The topological polar surface area (TPSA) is 130 Å². The molecule has 0 spiro atoms. The second kappa shape index (κ2) is 20.1. The SMILES string of the molecule is COC[C@@H]1CC(=O)[C@H](C)N(Cc2c(F)cc(Cl)cc2Oc2ccc(-c3cnc(CN(C)C)n3C)nc2)C(=O)C[C@@H](C2CC(F)(F)C2)C(=O)N2CCC[C@@](Cc3ccc(Cl)cc3)(C2)N(C)C1=O. The summed E-state index contributed by atoms with van der Waals surface area (Å²) in [5.74, 6) is -8.05. The van der Waals surface area contributed by atoms with Crippen LogP contribution in [0, 0.1) is 23.6 Å². The fourth-order valence-electron chi connectivity index (χ4n) is 9.59. The summed E-state index contributed by atoms with van der Waals surface area (Å²) in [5.41, 5.74) is 1.12. The number of halogens is 5. The Morgan fingerprint density at radius 1 is 0.924 bits per heavy atom. The van der Waals surface area contributed by atoms with E-state index in [1.54, 1.807) is 47.3 Å². The number of benzene rings is 2. The number of carbonyl (C=O) groups is 4. The molecule has 1 aliphatic carbocycles. The van der Waals surface area contributed by atoms with E-state index in [4.69, 9.17) is 32.7 Å². The first kappa shape index (κ1) is 48.9. The number of rotatable bonds is 12. The van der Waals surface area contributed by atoms with Crippen molar-refractivity contribution in [2.45, 2.75) is 82.5 Å². The minimum absolute atomic E-state index is 0.00845. The van der Waals surface area contributed by atoms with Crippen LogP contribution in [-0.4, -0.2) is 123 Å². The molecular weight excluding hydrogens is 898 g/mol. The average Bonchev–Trinajstić information content (AvgIpc) is 3.62. The molecule has 7 rings (SSSR count). The summed E-state index contributed by atoms with van der Waals surface area (Å²) < 4.78 is 59.2. The molecule has 2 bridgehead atoms. The molecule has 3 aliphatic rings. The predicted molar refractivity (Wildman–Crippen MR) is 243 cm³/mol. The van der Waals surface area contributed by atoms with Crippen LogP contribution in [0.3, 0.4) is 0 Å². The van der Waals surface area contributed by atoms with Crippen LogP contribution in [-0.2, 0) is 50.5 Å². The van der Waals surface area contributed by atoms with Gasteiger partial charge in [-0.2, -0.15) is 0 Å². The molecule has 4 aromatic rings.